The first-order chi connectivity index (χ1) is 7.15. The fraction of sp³-hybridized carbons (Fsp3) is 0.111. The fourth-order valence-electron chi connectivity index (χ4n) is 1.03. The van der Waals surface area contributed by atoms with Crippen LogP contribution in [-0.2, 0) is 0 Å². The Balaban J connectivity index is 2.94. The third kappa shape index (κ3) is 2.96. The van der Waals surface area contributed by atoms with Gasteiger partial charge in [-0.25, -0.2) is 8.78 Å². The van der Waals surface area contributed by atoms with E-state index in [4.69, 9.17) is 11.3 Å². The number of rotatable bonds is 3. The van der Waals surface area contributed by atoms with Gasteiger partial charge in [0.15, 0.2) is 0 Å². The van der Waals surface area contributed by atoms with Gasteiger partial charge in [-0.3, -0.25) is 0 Å². The number of halogens is 2. The first-order valence-corrected chi connectivity index (χ1v) is 4.07. The maximum Gasteiger partial charge on any atom is 0.135 e. The first-order valence-electron chi connectivity index (χ1n) is 4.07. The van der Waals surface area contributed by atoms with Crippen molar-refractivity contribution in [2.45, 2.75) is 0 Å². The molecule has 0 fully saturated rings. The summed E-state index contributed by atoms with van der Waals surface area (Å²) in [5.41, 5.74) is 13.5. The summed E-state index contributed by atoms with van der Waals surface area (Å²) in [6, 6.07) is 1.76. The summed E-state index contributed by atoms with van der Waals surface area (Å²) in [4.78, 5) is 2.51. The van der Waals surface area contributed by atoms with Crippen LogP contribution in [0.4, 0.5) is 14.5 Å². The number of benzene rings is 1. The van der Waals surface area contributed by atoms with Crippen molar-refractivity contribution in [2.75, 3.05) is 12.3 Å². The van der Waals surface area contributed by atoms with Crippen LogP contribution in [0.3, 0.4) is 0 Å². The lowest BCUT2D eigenvalue weighted by Gasteiger charge is -2.01. The van der Waals surface area contributed by atoms with Gasteiger partial charge >= 0.3 is 0 Å². The van der Waals surface area contributed by atoms with Crippen molar-refractivity contribution in [1.82, 2.24) is 0 Å². The van der Waals surface area contributed by atoms with E-state index in [-0.39, 0.29) is 17.8 Å². The molecule has 0 spiro atoms. The summed E-state index contributed by atoms with van der Waals surface area (Å²) in [5.74, 6) is -1.47. The molecule has 0 unspecified atom stereocenters. The van der Waals surface area contributed by atoms with E-state index >= 15 is 0 Å². The van der Waals surface area contributed by atoms with Crippen LogP contribution in [0.15, 0.2) is 23.3 Å². The molecule has 0 saturated heterocycles. The highest BCUT2D eigenvalue weighted by Crippen LogP contribution is 2.19. The number of azide groups is 1. The molecule has 6 heteroatoms. The predicted molar refractivity (Wildman–Crippen MR) is 53.8 cm³/mol. The Hall–Kier alpha value is -2.07. The topological polar surface area (TPSA) is 74.8 Å². The largest absolute Gasteiger partial charge is 0.398 e. The van der Waals surface area contributed by atoms with E-state index in [2.05, 4.69) is 10.0 Å². The minimum absolute atomic E-state index is 0.00434. The van der Waals surface area contributed by atoms with E-state index in [1.165, 1.54) is 12.2 Å². The minimum Gasteiger partial charge on any atom is -0.398 e. The van der Waals surface area contributed by atoms with Gasteiger partial charge in [0.1, 0.15) is 11.6 Å². The van der Waals surface area contributed by atoms with Crippen molar-refractivity contribution in [3.63, 3.8) is 0 Å². The molecule has 0 radical (unpaired) electrons. The van der Waals surface area contributed by atoms with Crippen LogP contribution in [0, 0.1) is 11.6 Å². The van der Waals surface area contributed by atoms with Crippen molar-refractivity contribution in [3.05, 3.63) is 45.8 Å². The summed E-state index contributed by atoms with van der Waals surface area (Å²) in [5, 5.41) is 3.22. The molecule has 4 nitrogen and oxygen atoms in total. The van der Waals surface area contributed by atoms with Crippen LogP contribution in [-0.4, -0.2) is 6.54 Å². The van der Waals surface area contributed by atoms with Gasteiger partial charge in [-0.05, 0) is 11.6 Å². The third-order valence-electron chi connectivity index (χ3n) is 1.66. The Morgan fingerprint density at radius 3 is 2.80 bits per heavy atom. The SMILES string of the molecule is [N-]=[N+]=NCC=Cc1c(N)cc(F)cc1F. The molecule has 0 bridgehead atoms. The van der Waals surface area contributed by atoms with Gasteiger partial charge in [-0.1, -0.05) is 17.3 Å². The molecule has 1 aromatic carbocycles. The first kappa shape index (κ1) is 11.0. The smallest absolute Gasteiger partial charge is 0.135 e. The molecular weight excluding hydrogens is 202 g/mol. The average molecular weight is 210 g/mol. The van der Waals surface area contributed by atoms with Crippen molar-refractivity contribution in [1.29, 1.82) is 0 Å². The number of nitrogens with zero attached hydrogens (tertiary/aromatic N) is 3. The van der Waals surface area contributed by atoms with Crippen LogP contribution in [0.25, 0.3) is 16.5 Å². The van der Waals surface area contributed by atoms with Gasteiger partial charge < -0.3 is 5.73 Å². The van der Waals surface area contributed by atoms with Crippen molar-refractivity contribution < 1.29 is 8.78 Å². The second-order valence-corrected chi connectivity index (χ2v) is 2.71. The monoisotopic (exact) mass is 210 g/mol. The zero-order chi connectivity index (χ0) is 11.3. The van der Waals surface area contributed by atoms with Crippen molar-refractivity contribution in [3.8, 4) is 0 Å². The Kier molecular flexibility index (Phi) is 3.65. The maximum atomic E-state index is 13.1. The molecule has 0 aliphatic rings. The van der Waals surface area contributed by atoms with E-state index < -0.39 is 11.6 Å². The van der Waals surface area contributed by atoms with Crippen LogP contribution in [0.1, 0.15) is 5.56 Å². The Morgan fingerprint density at radius 2 is 2.20 bits per heavy atom. The minimum atomic E-state index is -0.746. The Morgan fingerprint density at radius 1 is 1.47 bits per heavy atom. The van der Waals surface area contributed by atoms with Crippen molar-refractivity contribution in [2.24, 2.45) is 5.11 Å². The average Bonchev–Trinajstić information content (AvgIpc) is 2.15. The van der Waals surface area contributed by atoms with Gasteiger partial charge in [-0.2, -0.15) is 0 Å². The second-order valence-electron chi connectivity index (χ2n) is 2.71. The lowest BCUT2D eigenvalue weighted by atomic mass is 10.1. The van der Waals surface area contributed by atoms with Gasteiger partial charge in [0.25, 0.3) is 0 Å². The lowest BCUT2D eigenvalue weighted by Crippen LogP contribution is -1.94. The van der Waals surface area contributed by atoms with E-state index in [1.807, 2.05) is 0 Å². The van der Waals surface area contributed by atoms with E-state index in [1.54, 1.807) is 0 Å². The molecule has 0 heterocycles. The van der Waals surface area contributed by atoms with Gasteiger partial charge in [0.05, 0.1) is 0 Å². The Bertz CT molecular complexity index is 413. The highest BCUT2D eigenvalue weighted by Gasteiger charge is 2.05. The molecule has 15 heavy (non-hydrogen) atoms. The van der Waals surface area contributed by atoms with E-state index in [0.717, 1.165) is 12.1 Å². The van der Waals surface area contributed by atoms with Gasteiger partial charge in [0.2, 0.25) is 0 Å². The highest BCUT2D eigenvalue weighted by atomic mass is 19.1. The maximum absolute atomic E-state index is 13.1. The standard InChI is InChI=1S/C9H8F2N4/c10-6-4-8(11)7(9(12)5-6)2-1-3-14-15-13/h1-2,4-5H,3,12H2. The van der Waals surface area contributed by atoms with Gasteiger partial charge in [0, 0.05) is 28.8 Å². The fourth-order valence-corrected chi connectivity index (χ4v) is 1.03. The molecule has 0 aliphatic carbocycles. The molecular formula is C9H8F2N4. The zero-order valence-electron chi connectivity index (χ0n) is 7.69. The highest BCUT2D eigenvalue weighted by molar-refractivity contribution is 5.65. The van der Waals surface area contributed by atoms with Crippen molar-refractivity contribution >= 4 is 11.8 Å². The van der Waals surface area contributed by atoms with Crippen LogP contribution in [0.2, 0.25) is 0 Å². The van der Waals surface area contributed by atoms with Crippen LogP contribution >= 0.6 is 0 Å². The number of nitrogen functional groups attached to an aromatic ring is 1. The molecule has 0 aliphatic heterocycles. The van der Waals surface area contributed by atoms with E-state index in [0.29, 0.717) is 0 Å². The number of hydrogen-bond donors (Lipinski definition) is 1. The molecule has 1 aromatic rings. The summed E-state index contributed by atoms with van der Waals surface area (Å²) >= 11 is 0. The molecule has 0 atom stereocenters. The third-order valence-corrected chi connectivity index (χ3v) is 1.66. The molecule has 1 rings (SSSR count). The molecule has 78 valence electrons. The predicted octanol–water partition coefficient (Wildman–Crippen LogP) is 2.87. The summed E-state index contributed by atoms with van der Waals surface area (Å²) in [7, 11) is 0. The molecule has 0 amide bonds. The number of hydrogen-bond acceptors (Lipinski definition) is 2. The normalized spacial score (nSPS) is 10.3. The summed E-state index contributed by atoms with van der Waals surface area (Å²) < 4.78 is 25.8. The second kappa shape index (κ2) is 4.97. The molecule has 2 N–H and O–H groups in total. The number of anilines is 1. The van der Waals surface area contributed by atoms with Gasteiger partial charge in [-0.15, -0.1) is 0 Å². The summed E-state index contributed by atoms with van der Waals surface area (Å²) in [6.45, 7) is 0.0900. The quantitative estimate of drug-likeness (QED) is 0.354. The molecule has 0 aromatic heterocycles. The zero-order valence-corrected chi connectivity index (χ0v) is 7.69. The van der Waals surface area contributed by atoms with Crippen LogP contribution in [0.5, 0.6) is 0 Å². The summed E-state index contributed by atoms with van der Waals surface area (Å²) in [6.07, 6.45) is 2.78. The van der Waals surface area contributed by atoms with E-state index in [9.17, 15) is 8.78 Å². The Labute approximate surface area is 84.6 Å². The number of nitrogens with two attached hydrogens (primary N) is 1. The lowest BCUT2D eigenvalue weighted by molar-refractivity contribution is 0.583. The molecule has 0 saturated carbocycles. The van der Waals surface area contributed by atoms with Crippen LogP contribution < -0.4 is 5.73 Å².